The Hall–Kier alpha value is -4.15. The minimum absolute atomic E-state index is 0.0646. The molecule has 0 spiro atoms. The Morgan fingerprint density at radius 1 is 1.20 bits per heavy atom. The molecule has 3 aromatic heterocycles. The van der Waals surface area contributed by atoms with Gasteiger partial charge in [0.1, 0.15) is 17.2 Å². The van der Waals surface area contributed by atoms with Crippen molar-refractivity contribution in [3.63, 3.8) is 0 Å². The van der Waals surface area contributed by atoms with Gasteiger partial charge in [-0.1, -0.05) is 19.4 Å². The number of hydrogen-bond acceptors (Lipinski definition) is 8. The number of fused-ring (bicyclic) bond motifs is 1. The van der Waals surface area contributed by atoms with E-state index in [4.69, 9.17) is 9.72 Å². The van der Waals surface area contributed by atoms with E-state index in [-0.39, 0.29) is 11.6 Å². The summed E-state index contributed by atoms with van der Waals surface area (Å²) < 4.78 is 7.44. The second-order valence-corrected chi connectivity index (χ2v) is 11.1. The molecule has 0 radical (unpaired) electrons. The zero-order valence-corrected chi connectivity index (χ0v) is 23.6. The summed E-state index contributed by atoms with van der Waals surface area (Å²) in [6, 6.07) is 3.87. The fourth-order valence-electron chi connectivity index (χ4n) is 5.96. The summed E-state index contributed by atoms with van der Waals surface area (Å²) in [5.41, 5.74) is 2.10. The van der Waals surface area contributed by atoms with Crippen molar-refractivity contribution in [2.45, 2.75) is 65.0 Å². The quantitative estimate of drug-likeness (QED) is 0.396. The van der Waals surface area contributed by atoms with Gasteiger partial charge >= 0.3 is 6.09 Å². The lowest BCUT2D eigenvalue weighted by molar-refractivity contribution is 0.0845. The second-order valence-electron chi connectivity index (χ2n) is 11.1. The molecule has 11 heteroatoms. The molecule has 0 unspecified atom stereocenters. The van der Waals surface area contributed by atoms with Crippen molar-refractivity contribution in [1.82, 2.24) is 24.4 Å². The van der Waals surface area contributed by atoms with Gasteiger partial charge in [0.15, 0.2) is 0 Å². The monoisotopic (exact) mass is 547 g/mol. The van der Waals surface area contributed by atoms with Gasteiger partial charge in [0.25, 0.3) is 5.56 Å². The van der Waals surface area contributed by atoms with Crippen LogP contribution in [-0.4, -0.2) is 67.4 Å². The number of amides is 1. The number of pyridine rings is 2. The van der Waals surface area contributed by atoms with Crippen molar-refractivity contribution in [3.05, 3.63) is 52.6 Å². The maximum absolute atomic E-state index is 13.8. The molecule has 5 rings (SSSR count). The summed E-state index contributed by atoms with van der Waals surface area (Å²) in [6.45, 7) is 13.6. The molecule has 2 N–H and O–H groups in total. The first-order valence-corrected chi connectivity index (χ1v) is 13.8. The highest BCUT2D eigenvalue weighted by Gasteiger charge is 2.37. The molecule has 2 aliphatic rings. The van der Waals surface area contributed by atoms with E-state index in [1.807, 2.05) is 39.8 Å². The maximum atomic E-state index is 13.8. The van der Waals surface area contributed by atoms with Gasteiger partial charge in [0, 0.05) is 37.3 Å². The van der Waals surface area contributed by atoms with Gasteiger partial charge in [0.05, 0.1) is 29.6 Å². The summed E-state index contributed by atoms with van der Waals surface area (Å²) in [7, 11) is 0. The van der Waals surface area contributed by atoms with Crippen molar-refractivity contribution >= 4 is 40.3 Å². The van der Waals surface area contributed by atoms with Gasteiger partial charge in [-0.15, -0.1) is 0 Å². The molecule has 212 valence electrons. The average molecular weight is 548 g/mol. The minimum Gasteiger partial charge on any atom is -0.494 e. The van der Waals surface area contributed by atoms with E-state index >= 15 is 0 Å². The third-order valence-corrected chi connectivity index (χ3v) is 7.98. The number of aryl methyl sites for hydroxylation is 1. The fourth-order valence-corrected chi connectivity index (χ4v) is 5.96. The van der Waals surface area contributed by atoms with Crippen molar-refractivity contribution in [3.8, 4) is 0 Å². The van der Waals surface area contributed by atoms with E-state index in [1.165, 1.54) is 4.90 Å². The number of carboxylic acid groups (broad SMARTS) is 1. The maximum Gasteiger partial charge on any atom is 0.407 e. The average Bonchev–Trinajstić information content (AvgIpc) is 3.43. The molecule has 3 aromatic rings. The number of piperazine rings is 1. The summed E-state index contributed by atoms with van der Waals surface area (Å²) in [4.78, 5) is 42.8. The van der Waals surface area contributed by atoms with E-state index in [1.54, 1.807) is 17.0 Å². The van der Waals surface area contributed by atoms with E-state index < -0.39 is 11.6 Å². The first-order valence-electron chi connectivity index (χ1n) is 13.8. The van der Waals surface area contributed by atoms with E-state index in [0.29, 0.717) is 55.0 Å². The molecule has 1 aliphatic heterocycles. The Morgan fingerprint density at radius 2 is 1.95 bits per heavy atom. The van der Waals surface area contributed by atoms with Crippen molar-refractivity contribution in [2.24, 2.45) is 0 Å². The minimum atomic E-state index is -0.901. The standard InChI is InChI=1S/C29H37N7O4/c1-6-40-19(3)24-18(2)22-16-31-27(33-25(22)36(26(24)37)20-9-7-8-10-20)32-23-12-11-21(15-30-23)34-13-14-35(28(38)39)29(4,5)17-34/h11-12,15-16,20H,3,6-10,13-14,17H2,1-2,4-5H3,(H,38,39)(H,30,31,32,33). The second kappa shape index (κ2) is 10.8. The number of aromatic nitrogens is 4. The first-order chi connectivity index (χ1) is 19.1. The number of nitrogens with zero attached hydrogens (tertiary/aromatic N) is 6. The Morgan fingerprint density at radius 3 is 2.58 bits per heavy atom. The topological polar surface area (TPSA) is 126 Å². The fraction of sp³-hybridized carbons (Fsp3) is 0.483. The summed E-state index contributed by atoms with van der Waals surface area (Å²) in [6.07, 6.45) is 6.60. The highest BCUT2D eigenvalue weighted by molar-refractivity contribution is 5.84. The molecule has 0 aromatic carbocycles. The highest BCUT2D eigenvalue weighted by Crippen LogP contribution is 2.33. The smallest absolute Gasteiger partial charge is 0.407 e. The van der Waals surface area contributed by atoms with Crippen LogP contribution in [0, 0.1) is 6.92 Å². The van der Waals surface area contributed by atoms with E-state index in [9.17, 15) is 14.7 Å². The Balaban J connectivity index is 1.43. The SMILES string of the molecule is C=C(OCC)c1c(C)c2cnc(Nc3ccc(N4CCN(C(=O)O)C(C)(C)C4)cn3)nc2n(C2CCCC2)c1=O. The molecule has 11 nitrogen and oxygen atoms in total. The number of carbonyl (C=O) groups is 1. The molecule has 1 aliphatic carbocycles. The molecule has 40 heavy (non-hydrogen) atoms. The van der Waals surface area contributed by atoms with Crippen LogP contribution in [0.5, 0.6) is 0 Å². The number of anilines is 3. The predicted octanol–water partition coefficient (Wildman–Crippen LogP) is 4.94. The number of nitrogens with one attached hydrogen (secondary N) is 1. The molecular formula is C29H37N7O4. The van der Waals surface area contributed by atoms with Crippen LogP contribution in [0.25, 0.3) is 16.8 Å². The van der Waals surface area contributed by atoms with Crippen LogP contribution < -0.4 is 15.8 Å². The van der Waals surface area contributed by atoms with Crippen molar-refractivity contribution in [1.29, 1.82) is 0 Å². The van der Waals surface area contributed by atoms with Crippen LogP contribution >= 0.6 is 0 Å². The third kappa shape index (κ3) is 5.07. The van der Waals surface area contributed by atoms with Crippen LogP contribution in [0.3, 0.4) is 0 Å². The molecule has 1 saturated carbocycles. The largest absolute Gasteiger partial charge is 0.494 e. The van der Waals surface area contributed by atoms with Crippen LogP contribution in [0.1, 0.15) is 63.6 Å². The third-order valence-electron chi connectivity index (χ3n) is 7.98. The van der Waals surface area contributed by atoms with Crippen LogP contribution in [0.15, 0.2) is 35.9 Å². The van der Waals surface area contributed by atoms with Crippen LogP contribution in [0.2, 0.25) is 0 Å². The molecule has 2 fully saturated rings. The van der Waals surface area contributed by atoms with Gasteiger partial charge < -0.3 is 20.1 Å². The van der Waals surface area contributed by atoms with Crippen molar-refractivity contribution in [2.75, 3.05) is 36.5 Å². The van der Waals surface area contributed by atoms with E-state index in [0.717, 1.165) is 42.3 Å². The first kappa shape index (κ1) is 27.4. The predicted molar refractivity (Wildman–Crippen MR) is 155 cm³/mol. The van der Waals surface area contributed by atoms with Crippen LogP contribution in [-0.2, 0) is 4.74 Å². The molecule has 0 atom stereocenters. The molecular weight excluding hydrogens is 510 g/mol. The van der Waals surface area contributed by atoms with Crippen LogP contribution in [0.4, 0.5) is 22.2 Å². The van der Waals surface area contributed by atoms with Gasteiger partial charge in [-0.25, -0.2) is 14.8 Å². The number of rotatable bonds is 7. The lowest BCUT2D eigenvalue weighted by Crippen LogP contribution is -2.60. The Labute approximate surface area is 233 Å². The Kier molecular flexibility index (Phi) is 7.39. The molecule has 4 heterocycles. The summed E-state index contributed by atoms with van der Waals surface area (Å²) in [5.74, 6) is 1.29. The van der Waals surface area contributed by atoms with Gasteiger partial charge in [-0.3, -0.25) is 14.3 Å². The molecule has 1 saturated heterocycles. The summed E-state index contributed by atoms with van der Waals surface area (Å²) in [5, 5.41) is 13.5. The molecule has 0 bridgehead atoms. The number of hydrogen-bond donors (Lipinski definition) is 2. The Bertz CT molecular complexity index is 1490. The normalized spacial score (nSPS) is 17.3. The van der Waals surface area contributed by atoms with Gasteiger partial charge in [0.2, 0.25) is 5.95 Å². The lowest BCUT2D eigenvalue weighted by Gasteiger charge is -2.46. The van der Waals surface area contributed by atoms with E-state index in [2.05, 4.69) is 26.8 Å². The van der Waals surface area contributed by atoms with Crippen molar-refractivity contribution < 1.29 is 14.6 Å². The lowest BCUT2D eigenvalue weighted by atomic mass is 9.99. The zero-order valence-electron chi connectivity index (χ0n) is 23.6. The number of ether oxygens (including phenoxy) is 1. The summed E-state index contributed by atoms with van der Waals surface area (Å²) >= 11 is 0. The molecule has 1 amide bonds. The van der Waals surface area contributed by atoms with Gasteiger partial charge in [-0.2, -0.15) is 4.98 Å². The highest BCUT2D eigenvalue weighted by atomic mass is 16.5. The zero-order chi connectivity index (χ0) is 28.6. The van der Waals surface area contributed by atoms with Gasteiger partial charge in [-0.05, 0) is 58.2 Å².